The SMILES string of the molecule is CNc1nc(C)nc2c1ncn2[C@@H]1O[C@](CCl)(COP(=S)(N[C@@H](C)C(=O)OC)Oc2ccccc2)[C@@H](O)[C@H]1F. The molecule has 2 aromatic heterocycles. The van der Waals surface area contributed by atoms with Crippen molar-refractivity contribution < 1.29 is 32.8 Å². The fraction of sp³-hybridized carbons (Fsp3) is 0.478. The van der Waals surface area contributed by atoms with Crippen molar-refractivity contribution in [3.8, 4) is 5.75 Å². The standard InChI is InChI=1S/C23H29ClFN6O6PS/c1-13(22(33)34-4)30-38(39,37-15-8-6-5-7-9-15)35-11-23(10-24)18(32)16(25)21(36-23)31-12-27-17-19(26-3)28-14(2)29-20(17)31/h5-9,12-13,16,18,21,32H,10-11H2,1-4H3,(H,30,39)(H,26,28,29)/t13-,16+,18-,21+,23+,38?/m0/s1. The van der Waals surface area contributed by atoms with Gasteiger partial charge in [0.25, 0.3) is 0 Å². The fourth-order valence-electron chi connectivity index (χ4n) is 4.06. The number of methoxy groups -OCH3 is 1. The number of imidazole rings is 1. The van der Waals surface area contributed by atoms with Crippen molar-refractivity contribution in [2.24, 2.45) is 0 Å². The van der Waals surface area contributed by atoms with E-state index in [9.17, 15) is 9.90 Å². The molecule has 0 saturated carbocycles. The molecular weight excluding hydrogens is 574 g/mol. The summed E-state index contributed by atoms with van der Waals surface area (Å²) < 4.78 is 39.8. The molecule has 39 heavy (non-hydrogen) atoms. The summed E-state index contributed by atoms with van der Waals surface area (Å²) in [6.07, 6.45) is -3.60. The highest BCUT2D eigenvalue weighted by Gasteiger charge is 2.57. The van der Waals surface area contributed by atoms with Gasteiger partial charge in [0.05, 0.1) is 25.9 Å². The average molecular weight is 603 g/mol. The molecule has 6 atom stereocenters. The van der Waals surface area contributed by atoms with Crippen LogP contribution in [0.2, 0.25) is 0 Å². The van der Waals surface area contributed by atoms with Gasteiger partial charge in [0.1, 0.15) is 29.3 Å². The highest BCUT2D eigenvalue weighted by atomic mass is 35.5. The van der Waals surface area contributed by atoms with Crippen LogP contribution >= 0.6 is 18.2 Å². The summed E-state index contributed by atoms with van der Waals surface area (Å²) in [7, 11) is 2.92. The van der Waals surface area contributed by atoms with Gasteiger partial charge >= 0.3 is 12.6 Å². The predicted octanol–water partition coefficient (Wildman–Crippen LogP) is 2.85. The molecule has 0 amide bonds. The van der Waals surface area contributed by atoms with E-state index < -0.39 is 49.4 Å². The fourth-order valence-corrected chi connectivity index (χ4v) is 6.79. The number of ether oxygens (including phenoxy) is 2. The largest absolute Gasteiger partial charge is 0.468 e. The number of carbonyl (C=O) groups excluding carboxylic acids is 1. The van der Waals surface area contributed by atoms with Crippen LogP contribution in [0.4, 0.5) is 10.2 Å². The lowest BCUT2D eigenvalue weighted by Gasteiger charge is -2.33. The van der Waals surface area contributed by atoms with Crippen LogP contribution in [-0.2, 0) is 30.6 Å². The third kappa shape index (κ3) is 6.02. The summed E-state index contributed by atoms with van der Waals surface area (Å²) in [5, 5.41) is 16.8. The second-order valence-corrected chi connectivity index (χ2v) is 12.2. The summed E-state index contributed by atoms with van der Waals surface area (Å²) in [5.74, 6) is 0.323. The Morgan fingerprint density at radius 2 is 2.10 bits per heavy atom. The molecule has 1 aliphatic rings. The number of alkyl halides is 2. The van der Waals surface area contributed by atoms with Crippen LogP contribution in [0.15, 0.2) is 36.7 Å². The summed E-state index contributed by atoms with van der Waals surface area (Å²) in [4.78, 5) is 25.0. The smallest absolute Gasteiger partial charge is 0.323 e. The van der Waals surface area contributed by atoms with E-state index in [1.165, 1.54) is 24.9 Å². The number of hydrogen-bond donors (Lipinski definition) is 3. The first-order chi connectivity index (χ1) is 18.6. The number of halogens is 2. The maximum atomic E-state index is 15.6. The molecule has 0 aliphatic carbocycles. The summed E-state index contributed by atoms with van der Waals surface area (Å²) >= 11 is 11.9. The first-order valence-corrected chi connectivity index (χ1v) is 15.0. The van der Waals surface area contributed by atoms with E-state index >= 15 is 4.39 Å². The molecule has 1 aliphatic heterocycles. The quantitative estimate of drug-likeness (QED) is 0.169. The number of aryl methyl sites for hydroxylation is 1. The van der Waals surface area contributed by atoms with Crippen molar-refractivity contribution >= 4 is 53.0 Å². The van der Waals surface area contributed by atoms with Gasteiger partial charge in [-0.1, -0.05) is 18.2 Å². The molecule has 3 aromatic rings. The number of hydrogen-bond acceptors (Lipinski definition) is 11. The van der Waals surface area contributed by atoms with Gasteiger partial charge in [-0.2, -0.15) is 0 Å². The average Bonchev–Trinajstić information content (AvgIpc) is 3.45. The number of rotatable bonds is 11. The maximum absolute atomic E-state index is 15.6. The highest BCUT2D eigenvalue weighted by molar-refractivity contribution is 8.09. The minimum atomic E-state index is -3.49. The molecule has 12 nitrogen and oxygen atoms in total. The molecule has 0 spiro atoms. The first-order valence-electron chi connectivity index (χ1n) is 11.9. The van der Waals surface area contributed by atoms with Crippen LogP contribution in [-0.4, -0.2) is 81.2 Å². The van der Waals surface area contributed by atoms with E-state index in [0.717, 1.165) is 0 Å². The number of benzene rings is 1. The molecule has 0 bridgehead atoms. The molecule has 212 valence electrons. The zero-order chi connectivity index (χ0) is 28.4. The number of aliphatic hydroxyl groups is 1. The Kier molecular flexibility index (Phi) is 9.06. The van der Waals surface area contributed by atoms with Gasteiger partial charge in [-0.25, -0.2) is 24.4 Å². The topological polar surface area (TPSA) is 142 Å². The van der Waals surface area contributed by atoms with Crippen LogP contribution in [0, 0.1) is 6.92 Å². The lowest BCUT2D eigenvalue weighted by molar-refractivity contribution is -0.142. The number of aromatic nitrogens is 4. The van der Waals surface area contributed by atoms with Gasteiger partial charge in [0, 0.05) is 7.05 Å². The molecular formula is C23H29ClFN6O6PS. The Labute approximate surface area is 234 Å². The lowest BCUT2D eigenvalue weighted by Crippen LogP contribution is -2.48. The minimum Gasteiger partial charge on any atom is -0.468 e. The van der Waals surface area contributed by atoms with Gasteiger partial charge in [-0.05, 0) is 37.8 Å². The van der Waals surface area contributed by atoms with Crippen molar-refractivity contribution in [2.75, 3.05) is 32.0 Å². The predicted molar refractivity (Wildman–Crippen MR) is 146 cm³/mol. The number of nitrogens with zero attached hydrogens (tertiary/aromatic N) is 4. The zero-order valence-corrected chi connectivity index (χ0v) is 24.0. The first kappa shape index (κ1) is 29.5. The Morgan fingerprint density at radius 1 is 1.38 bits per heavy atom. The van der Waals surface area contributed by atoms with E-state index in [2.05, 4.69) is 25.4 Å². The van der Waals surface area contributed by atoms with Crippen molar-refractivity contribution in [2.45, 2.75) is 44.0 Å². The molecule has 16 heteroatoms. The number of aliphatic hydroxyl groups excluding tert-OH is 1. The number of para-hydroxylation sites is 1. The molecule has 3 heterocycles. The van der Waals surface area contributed by atoms with E-state index in [4.69, 9.17) is 41.9 Å². The minimum absolute atomic E-state index is 0.309. The Bertz CT molecular complexity index is 1370. The molecule has 1 fully saturated rings. The number of anilines is 1. The molecule has 0 radical (unpaired) electrons. The van der Waals surface area contributed by atoms with Crippen LogP contribution in [0.1, 0.15) is 19.0 Å². The van der Waals surface area contributed by atoms with Crippen LogP contribution < -0.4 is 14.9 Å². The normalized spacial score (nSPS) is 25.3. The molecule has 1 unspecified atom stereocenters. The van der Waals surface area contributed by atoms with E-state index in [1.807, 2.05) is 0 Å². The van der Waals surface area contributed by atoms with E-state index in [1.54, 1.807) is 44.3 Å². The third-order valence-electron chi connectivity index (χ3n) is 6.09. The van der Waals surface area contributed by atoms with E-state index in [0.29, 0.717) is 28.6 Å². The second kappa shape index (κ2) is 12.0. The van der Waals surface area contributed by atoms with Crippen LogP contribution in [0.5, 0.6) is 5.75 Å². The van der Waals surface area contributed by atoms with Crippen molar-refractivity contribution in [3.63, 3.8) is 0 Å². The zero-order valence-electron chi connectivity index (χ0n) is 21.6. The molecule has 4 rings (SSSR count). The van der Waals surface area contributed by atoms with Gasteiger partial charge in [-0.3, -0.25) is 9.36 Å². The number of nitrogens with one attached hydrogen (secondary N) is 2. The van der Waals surface area contributed by atoms with Gasteiger partial charge in [-0.15, -0.1) is 11.6 Å². The van der Waals surface area contributed by atoms with Gasteiger partial charge < -0.3 is 28.9 Å². The van der Waals surface area contributed by atoms with Crippen LogP contribution in [0.25, 0.3) is 11.2 Å². The number of carbonyl (C=O) groups is 1. The highest BCUT2D eigenvalue weighted by Crippen LogP contribution is 2.49. The van der Waals surface area contributed by atoms with Crippen molar-refractivity contribution in [1.82, 2.24) is 24.6 Å². The van der Waals surface area contributed by atoms with E-state index in [-0.39, 0.29) is 5.88 Å². The summed E-state index contributed by atoms with van der Waals surface area (Å²) in [6.45, 7) is -0.729. The van der Waals surface area contributed by atoms with Crippen molar-refractivity contribution in [3.05, 3.63) is 42.5 Å². The molecule has 1 aromatic carbocycles. The third-order valence-corrected chi connectivity index (χ3v) is 9.03. The summed E-state index contributed by atoms with van der Waals surface area (Å²) in [6, 6.07) is 7.69. The number of esters is 1. The Balaban J connectivity index is 1.62. The molecule has 1 saturated heterocycles. The van der Waals surface area contributed by atoms with Crippen molar-refractivity contribution in [1.29, 1.82) is 0 Å². The second-order valence-electron chi connectivity index (χ2n) is 8.84. The van der Waals surface area contributed by atoms with Gasteiger partial charge in [0.15, 0.2) is 29.4 Å². The monoisotopic (exact) mass is 602 g/mol. The Hall–Kier alpha value is -2.45. The lowest BCUT2D eigenvalue weighted by atomic mass is 9.99. The maximum Gasteiger partial charge on any atom is 0.323 e. The number of fused-ring (bicyclic) bond motifs is 1. The van der Waals surface area contributed by atoms with Gasteiger partial charge in [0.2, 0.25) is 0 Å². The van der Waals surface area contributed by atoms with Crippen LogP contribution in [0.3, 0.4) is 0 Å². The molecule has 3 N–H and O–H groups in total. The summed E-state index contributed by atoms with van der Waals surface area (Å²) in [5.41, 5.74) is -1.01. The Morgan fingerprint density at radius 3 is 2.74 bits per heavy atom.